The number of esters is 2. The monoisotopic (exact) mass is 507 g/mol. The molecule has 4 saturated carbocycles. The average Bonchev–Trinajstić information content (AvgIpc) is 2.56. The lowest BCUT2D eigenvalue weighted by atomic mass is 9.48. The fourth-order valence-corrected chi connectivity index (χ4v) is 6.69. The van der Waals surface area contributed by atoms with Crippen LogP contribution in [0.2, 0.25) is 0 Å². The molecule has 0 amide bonds. The Kier molecular flexibility index (Phi) is 5.93. The van der Waals surface area contributed by atoms with Crippen molar-refractivity contribution in [1.82, 2.24) is 0 Å². The molecule has 4 bridgehead atoms. The zero-order valence-electron chi connectivity index (χ0n) is 17.3. The molecule has 7 nitrogen and oxygen atoms in total. The van der Waals surface area contributed by atoms with E-state index in [1.54, 1.807) is 0 Å². The molecular formula is C19H21F6O7S-. The third kappa shape index (κ3) is 4.60. The Bertz CT molecular complexity index is 940. The predicted octanol–water partition coefficient (Wildman–Crippen LogP) is 3.40. The molecule has 188 valence electrons. The van der Waals surface area contributed by atoms with E-state index in [9.17, 15) is 48.9 Å². The van der Waals surface area contributed by atoms with Crippen LogP contribution in [0, 0.1) is 17.3 Å². The second kappa shape index (κ2) is 7.59. The van der Waals surface area contributed by atoms with Crippen molar-refractivity contribution in [2.75, 3.05) is 5.75 Å². The quantitative estimate of drug-likeness (QED) is 0.235. The van der Waals surface area contributed by atoms with Crippen LogP contribution in [0.3, 0.4) is 0 Å². The van der Waals surface area contributed by atoms with Gasteiger partial charge in [0, 0.05) is 12.0 Å². The van der Waals surface area contributed by atoms with Gasteiger partial charge in [-0.2, -0.15) is 26.3 Å². The first kappa shape index (κ1) is 25.8. The van der Waals surface area contributed by atoms with Gasteiger partial charge in [-0.05, 0) is 50.9 Å². The van der Waals surface area contributed by atoms with Gasteiger partial charge in [-0.1, -0.05) is 6.58 Å². The SMILES string of the molecule is C=C(C)C(=O)OC12CC3CC(C1)CC(C(=O)OC(CS(=O)(=O)[O-])(C(F)(F)F)C(F)(F)F)(C3)C2. The topological polar surface area (TPSA) is 110 Å². The van der Waals surface area contributed by atoms with Crippen molar-refractivity contribution in [1.29, 1.82) is 0 Å². The van der Waals surface area contributed by atoms with Crippen LogP contribution < -0.4 is 0 Å². The highest BCUT2D eigenvalue weighted by Crippen LogP contribution is 2.64. The molecule has 4 rings (SSSR count). The van der Waals surface area contributed by atoms with Gasteiger partial charge in [0.2, 0.25) is 0 Å². The van der Waals surface area contributed by atoms with Crippen molar-refractivity contribution in [3.63, 3.8) is 0 Å². The highest BCUT2D eigenvalue weighted by atomic mass is 32.2. The van der Waals surface area contributed by atoms with Crippen molar-refractivity contribution in [3.8, 4) is 0 Å². The lowest BCUT2D eigenvalue weighted by molar-refractivity contribution is -0.364. The third-order valence-corrected chi connectivity index (χ3v) is 7.42. The summed E-state index contributed by atoms with van der Waals surface area (Å²) >= 11 is 0. The Balaban J connectivity index is 2.00. The van der Waals surface area contributed by atoms with Crippen LogP contribution in [0.15, 0.2) is 12.2 Å². The van der Waals surface area contributed by atoms with Crippen LogP contribution in [0.4, 0.5) is 26.3 Å². The molecular weight excluding hydrogens is 486 g/mol. The molecule has 0 aromatic heterocycles. The first-order chi connectivity index (χ1) is 14.7. The second-order valence-corrected chi connectivity index (χ2v) is 10.9. The Morgan fingerprint density at radius 3 is 1.91 bits per heavy atom. The third-order valence-electron chi connectivity index (χ3n) is 6.66. The molecule has 33 heavy (non-hydrogen) atoms. The Labute approximate surface area is 185 Å². The molecule has 4 fully saturated rings. The minimum atomic E-state index is -6.44. The fourth-order valence-electron chi connectivity index (χ4n) is 5.81. The minimum Gasteiger partial charge on any atom is -0.748 e. The summed E-state index contributed by atoms with van der Waals surface area (Å²) in [5.41, 5.74) is -8.64. The van der Waals surface area contributed by atoms with E-state index in [1.807, 2.05) is 0 Å². The van der Waals surface area contributed by atoms with E-state index >= 15 is 0 Å². The van der Waals surface area contributed by atoms with Crippen LogP contribution in [0.1, 0.15) is 45.4 Å². The molecule has 0 heterocycles. The van der Waals surface area contributed by atoms with E-state index in [0.717, 1.165) is 0 Å². The molecule has 0 radical (unpaired) electrons. The standard InChI is InChI=1S/C19H22F6O7S/c1-10(2)13(26)31-16-6-11-3-12(7-16)5-15(4-11,8-16)14(27)32-17(18(20,21)22,19(23,24)25)9-33(28,29)30/h11-12H,1,3-9H2,2H3,(H,28,29,30)/p-1. The van der Waals surface area contributed by atoms with Gasteiger partial charge in [-0.3, -0.25) is 4.79 Å². The number of ether oxygens (including phenoxy) is 2. The van der Waals surface area contributed by atoms with Gasteiger partial charge < -0.3 is 14.0 Å². The molecule has 0 aromatic rings. The maximum absolute atomic E-state index is 13.6. The average molecular weight is 507 g/mol. The van der Waals surface area contributed by atoms with Gasteiger partial charge in [0.25, 0.3) is 0 Å². The Morgan fingerprint density at radius 2 is 1.52 bits per heavy atom. The van der Waals surface area contributed by atoms with E-state index in [-0.39, 0.29) is 49.5 Å². The second-order valence-electron chi connectivity index (χ2n) is 9.51. The number of hydrogen-bond acceptors (Lipinski definition) is 7. The Hall–Kier alpha value is -1.83. The lowest BCUT2D eigenvalue weighted by Gasteiger charge is -2.60. The number of halogens is 6. The van der Waals surface area contributed by atoms with Gasteiger partial charge in [0.1, 0.15) is 5.60 Å². The maximum Gasteiger partial charge on any atom is 0.438 e. The number of carbonyl (C=O) groups is 2. The number of hydrogen-bond donors (Lipinski definition) is 0. The molecule has 0 aliphatic heterocycles. The van der Waals surface area contributed by atoms with Crippen LogP contribution >= 0.6 is 0 Å². The van der Waals surface area contributed by atoms with Gasteiger partial charge in [-0.15, -0.1) is 0 Å². The number of rotatable bonds is 6. The minimum absolute atomic E-state index is 0.0242. The number of alkyl halides is 6. The van der Waals surface area contributed by atoms with Crippen LogP contribution in [0.25, 0.3) is 0 Å². The number of carbonyl (C=O) groups excluding carboxylic acids is 2. The van der Waals surface area contributed by atoms with Crippen LogP contribution in [-0.2, 0) is 29.2 Å². The van der Waals surface area contributed by atoms with Crippen molar-refractivity contribution in [3.05, 3.63) is 12.2 Å². The van der Waals surface area contributed by atoms with Crippen molar-refractivity contribution < 1.29 is 58.4 Å². The van der Waals surface area contributed by atoms with Crippen molar-refractivity contribution >= 4 is 22.1 Å². The van der Waals surface area contributed by atoms with E-state index in [2.05, 4.69) is 11.3 Å². The van der Waals surface area contributed by atoms with Crippen molar-refractivity contribution in [2.45, 2.75) is 69.0 Å². The van der Waals surface area contributed by atoms with Gasteiger partial charge in [0.05, 0.1) is 21.3 Å². The van der Waals surface area contributed by atoms with Gasteiger partial charge in [-0.25, -0.2) is 13.2 Å². The molecule has 2 atom stereocenters. The van der Waals surface area contributed by atoms with Gasteiger partial charge >= 0.3 is 29.9 Å². The van der Waals surface area contributed by atoms with Crippen molar-refractivity contribution in [2.24, 2.45) is 17.3 Å². The summed E-state index contributed by atoms with van der Waals surface area (Å²) in [5.74, 6) is -6.42. The smallest absolute Gasteiger partial charge is 0.438 e. The fraction of sp³-hybridized carbons (Fsp3) is 0.789. The highest BCUT2D eigenvalue weighted by molar-refractivity contribution is 7.85. The molecule has 0 spiro atoms. The Morgan fingerprint density at radius 1 is 1.03 bits per heavy atom. The summed E-state index contributed by atoms with van der Waals surface area (Å²) < 4.78 is 124. The molecule has 0 N–H and O–H groups in total. The summed E-state index contributed by atoms with van der Waals surface area (Å²) in [7, 11) is -6.13. The first-order valence-corrected chi connectivity index (χ1v) is 11.5. The normalized spacial score (nSPS) is 31.9. The zero-order chi connectivity index (χ0) is 25.3. The zero-order valence-corrected chi connectivity index (χ0v) is 18.2. The molecule has 0 aromatic carbocycles. The van der Waals surface area contributed by atoms with E-state index in [1.165, 1.54) is 6.92 Å². The van der Waals surface area contributed by atoms with E-state index < -0.39 is 56.8 Å². The van der Waals surface area contributed by atoms with Crippen LogP contribution in [0.5, 0.6) is 0 Å². The van der Waals surface area contributed by atoms with Crippen LogP contribution in [-0.4, -0.2) is 54.2 Å². The first-order valence-electron chi connectivity index (χ1n) is 9.93. The predicted molar refractivity (Wildman–Crippen MR) is 96.2 cm³/mol. The van der Waals surface area contributed by atoms with E-state index in [4.69, 9.17) is 4.74 Å². The summed E-state index contributed by atoms with van der Waals surface area (Å²) in [4.78, 5) is 25.1. The summed E-state index contributed by atoms with van der Waals surface area (Å²) in [5, 5.41) is 0. The maximum atomic E-state index is 13.6. The molecule has 2 unspecified atom stereocenters. The largest absolute Gasteiger partial charge is 0.748 e. The molecule has 4 aliphatic rings. The summed E-state index contributed by atoms with van der Waals surface area (Å²) in [6.07, 6.45) is -12.4. The van der Waals surface area contributed by atoms with E-state index in [0.29, 0.717) is 6.42 Å². The lowest BCUT2D eigenvalue weighted by Crippen LogP contribution is -2.66. The summed E-state index contributed by atoms with van der Waals surface area (Å²) in [6.45, 7) is 4.80. The summed E-state index contributed by atoms with van der Waals surface area (Å²) in [6, 6.07) is 0. The molecule has 0 saturated heterocycles. The molecule has 4 aliphatic carbocycles. The van der Waals surface area contributed by atoms with Gasteiger partial charge in [0.15, 0.2) is 0 Å². The highest BCUT2D eigenvalue weighted by Gasteiger charge is 2.76. The molecule has 14 heteroatoms.